The molecule has 2 N–H and O–H groups in total. The van der Waals surface area contributed by atoms with E-state index in [9.17, 15) is 9.90 Å². The first-order valence-electron chi connectivity index (χ1n) is 23.2. The summed E-state index contributed by atoms with van der Waals surface area (Å²) in [6.07, 6.45) is 3.31. The molecule has 348 valence electrons. The topological polar surface area (TPSA) is 153 Å². The number of fused-ring (bicyclic) bond motifs is 5. The van der Waals surface area contributed by atoms with Gasteiger partial charge in [0.15, 0.2) is 18.4 Å². The second-order valence-electron chi connectivity index (χ2n) is 19.0. The van der Waals surface area contributed by atoms with Crippen molar-refractivity contribution in [2.75, 3.05) is 47.9 Å². The maximum absolute atomic E-state index is 15.1. The number of carbonyl (C=O) groups excluding carboxylic acids is 2. The number of nitrogens with zero attached hydrogens (tertiary/aromatic N) is 1. The summed E-state index contributed by atoms with van der Waals surface area (Å²) in [5.41, 5.74) is 1.44. The Balaban J connectivity index is 1.20. The Labute approximate surface area is 368 Å². The van der Waals surface area contributed by atoms with Crippen molar-refractivity contribution < 1.29 is 57.3 Å². The number of esters is 1. The Morgan fingerprint density at radius 1 is 0.839 bits per heavy atom. The van der Waals surface area contributed by atoms with Crippen LogP contribution in [0.15, 0.2) is 35.9 Å². The molecule has 1 aromatic carbocycles. The van der Waals surface area contributed by atoms with Gasteiger partial charge in [0.25, 0.3) is 0 Å². The summed E-state index contributed by atoms with van der Waals surface area (Å²) in [5.74, 6) is -1.31. The number of hydrogen-bond acceptors (Lipinski definition) is 14. The fourth-order valence-electron chi connectivity index (χ4n) is 12.1. The molecule has 0 amide bonds. The van der Waals surface area contributed by atoms with Crippen LogP contribution in [0.5, 0.6) is 5.75 Å². The minimum atomic E-state index is -0.904. The van der Waals surface area contributed by atoms with Gasteiger partial charge in [0.1, 0.15) is 30.2 Å². The molecule has 6 aliphatic rings. The van der Waals surface area contributed by atoms with Gasteiger partial charge >= 0.3 is 5.97 Å². The number of ketones is 1. The van der Waals surface area contributed by atoms with Crippen molar-refractivity contribution >= 4 is 17.4 Å². The van der Waals surface area contributed by atoms with E-state index in [1.807, 2.05) is 45.0 Å². The first-order valence-corrected chi connectivity index (χ1v) is 23.2. The molecule has 3 aliphatic carbocycles. The van der Waals surface area contributed by atoms with Crippen LogP contribution in [0.4, 0.5) is 5.69 Å². The first-order chi connectivity index (χ1) is 29.8. The highest BCUT2D eigenvalue weighted by Gasteiger charge is 2.60. The van der Waals surface area contributed by atoms with E-state index in [1.54, 1.807) is 28.4 Å². The molecule has 19 atom stereocenters. The molecule has 14 nitrogen and oxygen atoms in total. The van der Waals surface area contributed by atoms with E-state index < -0.39 is 54.7 Å². The molecule has 3 heterocycles. The summed E-state index contributed by atoms with van der Waals surface area (Å²) in [4.78, 5) is 31.3. The number of ether oxygens (including phenoxy) is 9. The lowest BCUT2D eigenvalue weighted by Crippen LogP contribution is -2.59. The number of allylic oxidation sites excluding steroid dienone is 2. The Bertz CT molecular complexity index is 1680. The van der Waals surface area contributed by atoms with Crippen LogP contribution in [0, 0.1) is 35.5 Å². The number of anilines is 1. The van der Waals surface area contributed by atoms with E-state index >= 15 is 4.79 Å². The Morgan fingerprint density at radius 3 is 2.19 bits per heavy atom. The van der Waals surface area contributed by atoms with Crippen molar-refractivity contribution in [2.45, 2.75) is 165 Å². The molecule has 0 aromatic heterocycles. The predicted molar refractivity (Wildman–Crippen MR) is 232 cm³/mol. The molecule has 0 radical (unpaired) electrons. The van der Waals surface area contributed by atoms with E-state index in [0.717, 1.165) is 30.7 Å². The second kappa shape index (κ2) is 20.7. The quantitative estimate of drug-likeness (QED) is 0.244. The average Bonchev–Trinajstić information content (AvgIpc) is 3.85. The van der Waals surface area contributed by atoms with Crippen LogP contribution in [0.2, 0.25) is 0 Å². The second-order valence-corrected chi connectivity index (χ2v) is 19.0. The lowest BCUT2D eigenvalue weighted by atomic mass is 9.62. The average molecular weight is 871 g/mol. The summed E-state index contributed by atoms with van der Waals surface area (Å²) in [5, 5.41) is 16.5. The van der Waals surface area contributed by atoms with Crippen LogP contribution in [0.3, 0.4) is 0 Å². The van der Waals surface area contributed by atoms with Gasteiger partial charge in [-0.05, 0) is 127 Å². The summed E-state index contributed by atoms with van der Waals surface area (Å²) in [6, 6.07) is 7.57. The third-order valence-electron chi connectivity index (χ3n) is 15.3. The lowest BCUT2D eigenvalue weighted by Gasteiger charge is -2.47. The van der Waals surface area contributed by atoms with E-state index in [-0.39, 0.29) is 72.6 Å². The Kier molecular flexibility index (Phi) is 15.8. The number of aliphatic hydroxyl groups excluding tert-OH is 1. The van der Waals surface area contributed by atoms with Crippen molar-refractivity contribution in [3.05, 3.63) is 35.9 Å². The molecular weight excluding hydrogens is 797 g/mol. The van der Waals surface area contributed by atoms with Gasteiger partial charge in [0, 0.05) is 50.8 Å². The largest absolute Gasteiger partial charge is 0.497 e. The molecule has 1 aromatic rings. The van der Waals surface area contributed by atoms with Gasteiger partial charge in [-0.2, -0.15) is 0 Å². The highest BCUT2D eigenvalue weighted by molar-refractivity contribution is 5.99. The summed E-state index contributed by atoms with van der Waals surface area (Å²) < 4.78 is 55.7. The van der Waals surface area contributed by atoms with E-state index in [0.29, 0.717) is 43.7 Å². The number of aliphatic hydroxyl groups is 1. The summed E-state index contributed by atoms with van der Waals surface area (Å²) >= 11 is 0. The highest BCUT2D eigenvalue weighted by atomic mass is 16.7. The zero-order valence-electron chi connectivity index (χ0n) is 38.6. The van der Waals surface area contributed by atoms with Crippen LogP contribution in [-0.4, -0.2) is 144 Å². The zero-order chi connectivity index (χ0) is 44.4. The van der Waals surface area contributed by atoms with Crippen molar-refractivity contribution in [3.63, 3.8) is 0 Å². The van der Waals surface area contributed by atoms with Gasteiger partial charge in [-0.3, -0.25) is 9.59 Å². The van der Waals surface area contributed by atoms with Crippen LogP contribution >= 0.6 is 0 Å². The zero-order valence-corrected chi connectivity index (χ0v) is 38.6. The van der Waals surface area contributed by atoms with Crippen molar-refractivity contribution in [2.24, 2.45) is 35.5 Å². The molecule has 2 saturated carbocycles. The molecule has 5 fully saturated rings. The van der Waals surface area contributed by atoms with Crippen LogP contribution < -0.4 is 10.1 Å². The number of Topliss-reactive ketones (excluding diaryl/α,β-unsaturated/α-hetero) is 1. The van der Waals surface area contributed by atoms with Crippen molar-refractivity contribution in [3.8, 4) is 5.75 Å². The van der Waals surface area contributed by atoms with Gasteiger partial charge < -0.3 is 58.0 Å². The highest BCUT2D eigenvalue weighted by Crippen LogP contribution is 2.57. The minimum Gasteiger partial charge on any atom is -0.497 e. The Hall–Kier alpha value is -2.66. The van der Waals surface area contributed by atoms with Crippen LogP contribution in [0.25, 0.3) is 0 Å². The lowest BCUT2D eigenvalue weighted by molar-refractivity contribution is -0.314. The molecule has 14 heteroatoms. The number of nitrogens with one attached hydrogen (secondary N) is 1. The Morgan fingerprint density at radius 2 is 1.55 bits per heavy atom. The van der Waals surface area contributed by atoms with E-state index in [2.05, 4.69) is 37.3 Å². The van der Waals surface area contributed by atoms with Gasteiger partial charge in [0.05, 0.1) is 50.1 Å². The molecule has 7 rings (SSSR count). The van der Waals surface area contributed by atoms with Crippen molar-refractivity contribution in [1.29, 1.82) is 0 Å². The molecule has 0 spiro atoms. The number of carbonyl (C=O) groups is 2. The molecule has 3 aliphatic heterocycles. The standard InChI is InChI=1S/C48H74N2O12/c1-11-29-13-12-14-38(62-40-20-19-37(50(5)6)26(3)58-40)25(2)43(52)36-23-33-32-21-31(61-48-47(57-10)46(56-9)45(55-8)27(4)59-48)22-35(32)42(49-28-15-17-30(54-7)18-16-28)44(53)41(33)34(36)24-39(51)60-29/h15-18,23,25-27,29,31-35,37-38,40-42,44-49,53H,11-14,19-22,24H2,1-10H3/t25-,26?,27?,29+,31+,32+,33+,34-,35-,37+,38+,40+,41-,42+,44+,45+,46?,47+,48+/m1/s1. The number of benzene rings is 1. The molecule has 0 bridgehead atoms. The SMILES string of the molecule is CC[C@H]1CCC[C@H](O[C@H]2CC[C@H](N(C)C)C(C)O2)[C@@H](C)C(=O)C2=C[C@H]3[C@@H]4C[C@H](O[C@@H]5OC(C)[C@H](OC)C(OC)[C@@H]5OC)C[C@H]4[C@H](Nc4ccc(OC)cc4)[C@@H](O)[C@H]3[C@@H]2CC(=O)O1. The maximum atomic E-state index is 15.1. The van der Waals surface area contributed by atoms with Crippen LogP contribution in [0.1, 0.15) is 85.5 Å². The smallest absolute Gasteiger partial charge is 0.306 e. The van der Waals surface area contributed by atoms with Gasteiger partial charge in [-0.1, -0.05) is 19.9 Å². The summed E-state index contributed by atoms with van der Waals surface area (Å²) in [7, 11) is 10.7. The number of rotatable bonds is 12. The molecular formula is C48H74N2O12. The molecule has 62 heavy (non-hydrogen) atoms. The number of methoxy groups -OCH3 is 4. The monoisotopic (exact) mass is 871 g/mol. The number of cyclic esters (lactones) is 1. The fraction of sp³-hybridized carbons (Fsp3) is 0.792. The summed E-state index contributed by atoms with van der Waals surface area (Å²) in [6.45, 7) is 8.04. The molecule has 3 saturated heterocycles. The van der Waals surface area contributed by atoms with E-state index in [4.69, 9.17) is 42.6 Å². The molecule has 3 unspecified atom stereocenters. The number of hydrogen-bond donors (Lipinski definition) is 2. The van der Waals surface area contributed by atoms with Gasteiger partial charge in [0.2, 0.25) is 0 Å². The normalized spacial score (nSPS) is 42.8. The first kappa shape index (κ1) is 47.3. The van der Waals surface area contributed by atoms with Crippen molar-refractivity contribution in [1.82, 2.24) is 4.90 Å². The van der Waals surface area contributed by atoms with E-state index in [1.165, 1.54) is 0 Å². The third kappa shape index (κ3) is 9.79. The van der Waals surface area contributed by atoms with Gasteiger partial charge in [-0.15, -0.1) is 0 Å². The fourth-order valence-corrected chi connectivity index (χ4v) is 12.1. The minimum absolute atomic E-state index is 0.00861. The maximum Gasteiger partial charge on any atom is 0.306 e. The predicted octanol–water partition coefficient (Wildman–Crippen LogP) is 5.78. The van der Waals surface area contributed by atoms with Gasteiger partial charge in [-0.25, -0.2) is 0 Å². The number of likely N-dealkylation sites (N-methyl/N-ethyl adjacent to an activating group) is 1. The van der Waals surface area contributed by atoms with Crippen LogP contribution in [-0.2, 0) is 47.5 Å². The third-order valence-corrected chi connectivity index (χ3v) is 15.3.